The number of anilines is 2. The number of carbonyl (C=O) groups excluding carboxylic acids is 1. The van der Waals surface area contributed by atoms with Gasteiger partial charge < -0.3 is 15.4 Å². The van der Waals surface area contributed by atoms with Gasteiger partial charge in [0.2, 0.25) is 0 Å². The topological polar surface area (TPSA) is 76.1 Å². The second-order valence-corrected chi connectivity index (χ2v) is 4.37. The third-order valence-electron chi connectivity index (χ3n) is 2.81. The van der Waals surface area contributed by atoms with Gasteiger partial charge in [-0.3, -0.25) is 4.79 Å². The maximum atomic E-state index is 12.2. The lowest BCUT2D eigenvalue weighted by Gasteiger charge is -2.10. The predicted molar refractivity (Wildman–Crippen MR) is 81.8 cm³/mol. The van der Waals surface area contributed by atoms with Gasteiger partial charge in [-0.15, -0.1) is 0 Å². The first-order valence-corrected chi connectivity index (χ1v) is 6.75. The molecule has 0 saturated carbocycles. The van der Waals surface area contributed by atoms with E-state index in [2.05, 4.69) is 27.5 Å². The van der Waals surface area contributed by atoms with Crippen LogP contribution in [0.1, 0.15) is 23.8 Å². The van der Waals surface area contributed by atoms with E-state index in [1.807, 2.05) is 12.1 Å². The molecular formula is C15H18N4O2. The molecule has 0 saturated heterocycles. The summed E-state index contributed by atoms with van der Waals surface area (Å²) in [6.45, 7) is 2.86. The molecule has 2 rings (SSSR count). The zero-order chi connectivity index (χ0) is 15.1. The monoisotopic (exact) mass is 286 g/mol. The molecule has 0 bridgehead atoms. The van der Waals surface area contributed by atoms with Crippen LogP contribution in [0.4, 0.5) is 11.5 Å². The Morgan fingerprint density at radius 3 is 2.86 bits per heavy atom. The Hall–Kier alpha value is -2.63. The average Bonchev–Trinajstić information content (AvgIpc) is 2.53. The molecular weight excluding hydrogens is 268 g/mol. The summed E-state index contributed by atoms with van der Waals surface area (Å²) in [4.78, 5) is 20.3. The molecule has 1 amide bonds. The Bertz CT molecular complexity index is 616. The highest BCUT2D eigenvalue weighted by atomic mass is 16.5. The van der Waals surface area contributed by atoms with E-state index in [0.29, 0.717) is 22.9 Å². The summed E-state index contributed by atoms with van der Waals surface area (Å²) in [6, 6.07) is 8.84. The van der Waals surface area contributed by atoms with Crippen molar-refractivity contribution in [3.8, 4) is 5.75 Å². The van der Waals surface area contributed by atoms with E-state index < -0.39 is 0 Å². The highest BCUT2D eigenvalue weighted by Gasteiger charge is 2.11. The van der Waals surface area contributed by atoms with Crippen LogP contribution >= 0.6 is 0 Å². The van der Waals surface area contributed by atoms with Crippen LogP contribution in [0.3, 0.4) is 0 Å². The lowest BCUT2D eigenvalue weighted by atomic mass is 10.2. The molecule has 1 aromatic heterocycles. The van der Waals surface area contributed by atoms with E-state index in [-0.39, 0.29) is 5.91 Å². The van der Waals surface area contributed by atoms with Gasteiger partial charge in [0, 0.05) is 12.6 Å². The van der Waals surface area contributed by atoms with Gasteiger partial charge in [0.05, 0.1) is 12.8 Å². The number of nitrogens with zero attached hydrogens (tertiary/aromatic N) is 2. The maximum Gasteiger partial charge on any atom is 0.274 e. The molecule has 1 aromatic carbocycles. The van der Waals surface area contributed by atoms with Gasteiger partial charge in [-0.2, -0.15) is 0 Å². The predicted octanol–water partition coefficient (Wildman–Crippen LogP) is 2.56. The van der Waals surface area contributed by atoms with Gasteiger partial charge in [0.25, 0.3) is 5.91 Å². The van der Waals surface area contributed by atoms with Gasteiger partial charge in [-0.25, -0.2) is 9.97 Å². The molecule has 6 nitrogen and oxygen atoms in total. The third-order valence-corrected chi connectivity index (χ3v) is 2.81. The summed E-state index contributed by atoms with van der Waals surface area (Å²) < 4.78 is 5.20. The minimum Gasteiger partial charge on any atom is -0.495 e. The van der Waals surface area contributed by atoms with Crippen molar-refractivity contribution in [2.24, 2.45) is 0 Å². The number of methoxy groups -OCH3 is 1. The highest BCUT2D eigenvalue weighted by Crippen LogP contribution is 2.23. The molecule has 0 fully saturated rings. The largest absolute Gasteiger partial charge is 0.495 e. The number of ether oxygens (including phenoxy) is 1. The highest BCUT2D eigenvalue weighted by molar-refractivity contribution is 6.04. The van der Waals surface area contributed by atoms with Gasteiger partial charge >= 0.3 is 0 Å². The zero-order valence-electron chi connectivity index (χ0n) is 12.1. The number of hydrogen-bond donors (Lipinski definition) is 2. The summed E-state index contributed by atoms with van der Waals surface area (Å²) in [5, 5.41) is 5.90. The van der Waals surface area contributed by atoms with E-state index in [9.17, 15) is 4.79 Å². The van der Waals surface area contributed by atoms with E-state index >= 15 is 0 Å². The summed E-state index contributed by atoms with van der Waals surface area (Å²) in [7, 11) is 1.56. The molecule has 0 aliphatic heterocycles. The third kappa shape index (κ3) is 3.92. The molecule has 0 radical (unpaired) electrons. The molecule has 0 aliphatic carbocycles. The van der Waals surface area contributed by atoms with Gasteiger partial charge in [0.1, 0.15) is 23.6 Å². The smallest absolute Gasteiger partial charge is 0.274 e. The van der Waals surface area contributed by atoms with Crippen molar-refractivity contribution in [2.45, 2.75) is 13.3 Å². The van der Waals surface area contributed by atoms with Crippen molar-refractivity contribution in [2.75, 3.05) is 24.3 Å². The summed E-state index contributed by atoms with van der Waals surface area (Å²) in [5.41, 5.74) is 0.904. The Balaban J connectivity index is 2.13. The molecule has 0 unspecified atom stereocenters. The van der Waals surface area contributed by atoms with E-state index in [4.69, 9.17) is 4.74 Å². The zero-order valence-corrected chi connectivity index (χ0v) is 12.1. The molecule has 6 heteroatoms. The summed E-state index contributed by atoms with van der Waals surface area (Å²) >= 11 is 0. The molecule has 1 heterocycles. The van der Waals surface area contributed by atoms with E-state index in [1.165, 1.54) is 6.33 Å². The average molecular weight is 286 g/mol. The number of carbonyl (C=O) groups is 1. The first-order chi connectivity index (χ1) is 10.2. The van der Waals surface area contributed by atoms with E-state index in [1.54, 1.807) is 25.3 Å². The fraction of sp³-hybridized carbons (Fsp3) is 0.267. The van der Waals surface area contributed by atoms with Crippen molar-refractivity contribution in [3.63, 3.8) is 0 Å². The van der Waals surface area contributed by atoms with Gasteiger partial charge in [-0.1, -0.05) is 19.1 Å². The SMILES string of the molecule is CCCNc1cc(C(=O)Nc2ccccc2OC)ncn1. The first-order valence-electron chi connectivity index (χ1n) is 6.75. The van der Waals surface area contributed by atoms with Crippen molar-refractivity contribution >= 4 is 17.4 Å². The molecule has 21 heavy (non-hydrogen) atoms. The Morgan fingerprint density at radius 2 is 2.10 bits per heavy atom. The molecule has 2 N–H and O–H groups in total. The van der Waals surface area contributed by atoms with Crippen LogP contribution in [0.2, 0.25) is 0 Å². The second-order valence-electron chi connectivity index (χ2n) is 4.37. The lowest BCUT2D eigenvalue weighted by Crippen LogP contribution is -2.15. The normalized spacial score (nSPS) is 10.0. The van der Waals surface area contributed by atoms with Crippen LogP contribution in [0.5, 0.6) is 5.75 Å². The number of aromatic nitrogens is 2. The Morgan fingerprint density at radius 1 is 1.29 bits per heavy atom. The minimum absolute atomic E-state index is 0.300. The van der Waals surface area contributed by atoms with Crippen LogP contribution in [0.25, 0.3) is 0 Å². The second kappa shape index (κ2) is 7.23. The van der Waals surface area contributed by atoms with Crippen molar-refractivity contribution < 1.29 is 9.53 Å². The molecule has 0 atom stereocenters. The fourth-order valence-electron chi connectivity index (χ4n) is 1.77. The standard InChI is InChI=1S/C15H18N4O2/c1-3-8-16-14-9-12(17-10-18-14)15(20)19-11-6-4-5-7-13(11)21-2/h4-7,9-10H,3,8H2,1-2H3,(H,19,20)(H,16,17,18). The quantitative estimate of drug-likeness (QED) is 0.853. The number of amides is 1. The molecule has 110 valence electrons. The van der Waals surface area contributed by atoms with Crippen LogP contribution in [-0.4, -0.2) is 29.5 Å². The number of hydrogen-bond acceptors (Lipinski definition) is 5. The molecule has 0 spiro atoms. The van der Waals surface area contributed by atoms with E-state index in [0.717, 1.165) is 13.0 Å². The summed E-state index contributed by atoms with van der Waals surface area (Å²) in [5.74, 6) is 0.933. The number of nitrogens with one attached hydrogen (secondary N) is 2. The van der Waals surface area contributed by atoms with Gasteiger partial charge in [-0.05, 0) is 18.6 Å². The van der Waals surface area contributed by atoms with Gasteiger partial charge in [0.15, 0.2) is 0 Å². The fourth-order valence-corrected chi connectivity index (χ4v) is 1.77. The number of para-hydroxylation sites is 2. The number of benzene rings is 1. The Kier molecular flexibility index (Phi) is 5.09. The van der Waals surface area contributed by atoms with Crippen molar-refractivity contribution in [1.29, 1.82) is 0 Å². The molecule has 2 aromatic rings. The van der Waals surface area contributed by atoms with Crippen LogP contribution in [-0.2, 0) is 0 Å². The lowest BCUT2D eigenvalue weighted by molar-refractivity contribution is 0.102. The van der Waals surface area contributed by atoms with Crippen LogP contribution in [0.15, 0.2) is 36.7 Å². The Labute approximate surface area is 123 Å². The minimum atomic E-state index is -0.304. The number of rotatable bonds is 6. The maximum absolute atomic E-state index is 12.2. The van der Waals surface area contributed by atoms with Crippen LogP contribution in [0, 0.1) is 0 Å². The first kappa shape index (κ1) is 14.8. The molecule has 0 aliphatic rings. The van der Waals surface area contributed by atoms with Crippen LogP contribution < -0.4 is 15.4 Å². The van der Waals surface area contributed by atoms with Crippen molar-refractivity contribution in [3.05, 3.63) is 42.4 Å². The van der Waals surface area contributed by atoms with Crippen molar-refractivity contribution in [1.82, 2.24) is 9.97 Å². The summed E-state index contributed by atoms with van der Waals surface area (Å²) in [6.07, 6.45) is 2.35.